The number of halogens is 1. The number of rotatable bonds is 8. The predicted octanol–water partition coefficient (Wildman–Crippen LogP) is 17.2. The van der Waals surface area contributed by atoms with Gasteiger partial charge in [-0.15, -0.1) is 30.6 Å². The highest BCUT2D eigenvalue weighted by Crippen LogP contribution is 2.54. The molecule has 92 heavy (non-hydrogen) atoms. The van der Waals surface area contributed by atoms with Gasteiger partial charge in [0.2, 0.25) is 35.3 Å². The van der Waals surface area contributed by atoms with E-state index in [4.69, 9.17) is 13.3 Å². The van der Waals surface area contributed by atoms with Gasteiger partial charge in [0.25, 0.3) is 0 Å². The Morgan fingerprint density at radius 2 is 0.609 bits per heavy atom. The fraction of sp³-hybridized carbons (Fsp3) is 0.128. The average Bonchev–Trinajstić information content (AvgIpc) is 0.934. The highest BCUT2D eigenvalue weighted by Gasteiger charge is 2.51. The molecule has 13 aromatic rings. The van der Waals surface area contributed by atoms with E-state index >= 15 is 0 Å². The number of ketones is 2. The standard InChI is InChI=1S/C46H36N4O4.C18H16O2.C14H9BrN2O/c1-44(2,3)35-26-27-38-39(28-35)46(52,34-24-20-32(21-25-34)43-50-48-41(54-43)30-14-8-5-9-15-30)37-17-11-10-16-36(37)45(38,51)33-22-18-31(19-23-33)42-49-47-40(53-42)29-12-6-4-7-13-29;1-18(2,3)11-8-9-14-15(10-11)17(20)13-7-5-4-6-12(13)16(14)19;15-12-8-6-11(7-9-12)14-17-16-13(18-14)10-4-2-1-3-5-10/h4-28,51-52H,1-3H3;4-10H,1-3H3;1-9H. The number of benzene rings is 10. The van der Waals surface area contributed by atoms with Gasteiger partial charge in [-0.3, -0.25) is 9.59 Å². The maximum absolute atomic E-state index is 13.2. The SMILES string of the molecule is Brc1ccc(-c2nnc(-c3ccccc3)o2)cc1.CC(C)(C)c1ccc2c(c1)C(=O)c1ccccc1C2=O.CC(C)(C)c1ccc2c(c1)C(O)(c1ccc(-c3nnc(-c4ccccc4)o3)cc1)c1ccccc1C2(O)c1ccc(-c2nnc(-c3ccccc3)o2)cc1. The summed E-state index contributed by atoms with van der Waals surface area (Å²) in [6.07, 6.45) is 0. The lowest BCUT2D eigenvalue weighted by Gasteiger charge is -2.45. The largest absolute Gasteiger partial charge is 0.416 e. The Bertz CT molecular complexity index is 4840. The predicted molar refractivity (Wildman–Crippen MR) is 357 cm³/mol. The third kappa shape index (κ3) is 11.4. The van der Waals surface area contributed by atoms with Crippen molar-refractivity contribution in [3.05, 3.63) is 320 Å². The first-order valence-electron chi connectivity index (χ1n) is 30.0. The van der Waals surface area contributed by atoms with Crippen molar-refractivity contribution in [3.8, 4) is 68.7 Å². The van der Waals surface area contributed by atoms with Gasteiger partial charge in [0.15, 0.2) is 11.6 Å². The Hall–Kier alpha value is -10.6. The second-order valence-electron chi connectivity index (χ2n) is 24.7. The van der Waals surface area contributed by atoms with Gasteiger partial charge in [-0.05, 0) is 152 Å². The molecule has 0 bridgehead atoms. The molecule has 3 heterocycles. The molecule has 0 saturated heterocycles. The number of aliphatic hydroxyl groups is 2. The van der Waals surface area contributed by atoms with Crippen LogP contribution < -0.4 is 0 Å². The van der Waals surface area contributed by atoms with Crippen molar-refractivity contribution in [2.24, 2.45) is 0 Å². The maximum atomic E-state index is 13.2. The van der Waals surface area contributed by atoms with Crippen LogP contribution in [0.4, 0.5) is 0 Å². The van der Waals surface area contributed by atoms with E-state index in [9.17, 15) is 19.8 Å². The van der Waals surface area contributed by atoms with Crippen LogP contribution in [-0.2, 0) is 22.0 Å². The van der Waals surface area contributed by atoms with Crippen molar-refractivity contribution < 1.29 is 33.1 Å². The molecule has 0 radical (unpaired) electrons. The molecule has 13 nitrogen and oxygen atoms in total. The van der Waals surface area contributed by atoms with Gasteiger partial charge in [-0.25, -0.2) is 0 Å². The molecule has 0 amide bonds. The van der Waals surface area contributed by atoms with Crippen LogP contribution in [0.3, 0.4) is 0 Å². The van der Waals surface area contributed by atoms with E-state index < -0.39 is 11.2 Å². The van der Waals surface area contributed by atoms with E-state index in [-0.39, 0.29) is 22.4 Å². The summed E-state index contributed by atoms with van der Waals surface area (Å²) in [6.45, 7) is 12.7. The van der Waals surface area contributed by atoms with Crippen LogP contribution in [0.15, 0.2) is 266 Å². The van der Waals surface area contributed by atoms with Gasteiger partial charge in [0.05, 0.1) is 0 Å². The van der Waals surface area contributed by atoms with Gasteiger partial charge >= 0.3 is 0 Å². The molecule has 0 saturated carbocycles. The van der Waals surface area contributed by atoms with E-state index in [1.807, 2.05) is 218 Å². The molecule has 0 spiro atoms. The molecule has 2 unspecified atom stereocenters. The fourth-order valence-electron chi connectivity index (χ4n) is 11.6. The van der Waals surface area contributed by atoms with Crippen molar-refractivity contribution >= 4 is 27.5 Å². The van der Waals surface area contributed by atoms with E-state index in [1.54, 1.807) is 30.3 Å². The zero-order valence-electron chi connectivity index (χ0n) is 51.2. The molecule has 2 aliphatic carbocycles. The van der Waals surface area contributed by atoms with Crippen LogP contribution in [-0.4, -0.2) is 52.4 Å². The van der Waals surface area contributed by atoms with Crippen molar-refractivity contribution in [3.63, 3.8) is 0 Å². The van der Waals surface area contributed by atoms with Crippen LogP contribution in [0, 0.1) is 0 Å². The van der Waals surface area contributed by atoms with E-state index in [2.05, 4.69) is 88.1 Å². The van der Waals surface area contributed by atoms with Crippen LogP contribution in [0.2, 0.25) is 0 Å². The number of carbonyl (C=O) groups excluding carboxylic acids is 2. The zero-order valence-corrected chi connectivity index (χ0v) is 52.8. The number of hydrogen-bond acceptors (Lipinski definition) is 13. The Labute approximate surface area is 540 Å². The van der Waals surface area contributed by atoms with E-state index in [0.717, 1.165) is 49.0 Å². The highest BCUT2D eigenvalue weighted by molar-refractivity contribution is 9.10. The van der Waals surface area contributed by atoms with Crippen LogP contribution in [0.25, 0.3) is 68.7 Å². The van der Waals surface area contributed by atoms with Crippen LogP contribution >= 0.6 is 15.9 Å². The smallest absolute Gasteiger partial charge is 0.248 e. The van der Waals surface area contributed by atoms with Crippen molar-refractivity contribution in [2.75, 3.05) is 0 Å². The molecule has 0 fully saturated rings. The highest BCUT2D eigenvalue weighted by atomic mass is 79.9. The molecular weight excluding hydrogens is 1210 g/mol. The van der Waals surface area contributed by atoms with Crippen LogP contribution in [0.1, 0.15) is 118 Å². The van der Waals surface area contributed by atoms with Crippen molar-refractivity contribution in [1.82, 2.24) is 30.6 Å². The first kappa shape index (κ1) is 60.3. The number of nitrogens with zero attached hydrogens (tertiary/aromatic N) is 6. The lowest BCUT2D eigenvalue weighted by Crippen LogP contribution is -2.44. The Balaban J connectivity index is 0.000000164. The van der Waals surface area contributed by atoms with Gasteiger partial charge in [0.1, 0.15) is 11.2 Å². The molecule has 2 N–H and O–H groups in total. The van der Waals surface area contributed by atoms with E-state index in [0.29, 0.717) is 91.0 Å². The third-order valence-corrected chi connectivity index (χ3v) is 17.2. The second kappa shape index (κ2) is 24.3. The maximum Gasteiger partial charge on any atom is 0.248 e. The third-order valence-electron chi connectivity index (χ3n) is 16.7. The zero-order chi connectivity index (χ0) is 63.9. The average molecular weight is 1270 g/mol. The number of hydrogen-bond donors (Lipinski definition) is 2. The van der Waals surface area contributed by atoms with Gasteiger partial charge in [0, 0.05) is 60.1 Å². The topological polar surface area (TPSA) is 191 Å². The van der Waals surface area contributed by atoms with Gasteiger partial charge in [-0.2, -0.15) is 0 Å². The second-order valence-corrected chi connectivity index (χ2v) is 25.6. The van der Waals surface area contributed by atoms with Gasteiger partial charge in [-0.1, -0.05) is 209 Å². The Morgan fingerprint density at radius 3 is 1.00 bits per heavy atom. The fourth-order valence-corrected chi connectivity index (χ4v) is 11.9. The molecular formula is C78H61BrN6O7. The summed E-state index contributed by atoms with van der Waals surface area (Å²) in [7, 11) is 0. The first-order chi connectivity index (χ1) is 44.4. The number of aromatic nitrogens is 6. The van der Waals surface area contributed by atoms with Crippen molar-refractivity contribution in [2.45, 2.75) is 63.6 Å². The number of fused-ring (bicyclic) bond motifs is 4. The van der Waals surface area contributed by atoms with Gasteiger partial charge < -0.3 is 23.5 Å². The summed E-state index contributed by atoms with van der Waals surface area (Å²) in [4.78, 5) is 25.0. The quantitative estimate of drug-likeness (QED) is 0.146. The lowest BCUT2D eigenvalue weighted by molar-refractivity contribution is 0.0746. The normalized spacial score (nSPS) is 15.6. The minimum Gasteiger partial charge on any atom is -0.416 e. The summed E-state index contributed by atoms with van der Waals surface area (Å²) in [5, 5.41) is 51.6. The molecule has 0 aliphatic heterocycles. The first-order valence-corrected chi connectivity index (χ1v) is 30.8. The minimum absolute atomic E-state index is 0.0463. The molecule has 452 valence electrons. The summed E-state index contributed by atoms with van der Waals surface area (Å²) < 4.78 is 18.7. The van der Waals surface area contributed by atoms with E-state index in [1.165, 1.54) is 0 Å². The van der Waals surface area contributed by atoms with Crippen LogP contribution in [0.5, 0.6) is 0 Å². The summed E-state index contributed by atoms with van der Waals surface area (Å²) in [6, 6.07) is 78.0. The molecule has 2 atom stereocenters. The molecule has 2 aliphatic rings. The van der Waals surface area contributed by atoms with Crippen molar-refractivity contribution in [1.29, 1.82) is 0 Å². The lowest BCUT2D eigenvalue weighted by atomic mass is 9.62. The summed E-state index contributed by atoms with van der Waals surface area (Å²) >= 11 is 3.39. The molecule has 3 aromatic heterocycles. The monoisotopic (exact) mass is 1270 g/mol. The summed E-state index contributed by atoms with van der Waals surface area (Å²) in [5.74, 6) is 2.56. The Kier molecular flexibility index (Phi) is 15.9. The summed E-state index contributed by atoms with van der Waals surface area (Å²) in [5.41, 5.74) is 9.22. The number of carbonyl (C=O) groups is 2. The molecule has 14 heteroatoms. The molecule has 10 aromatic carbocycles. The molecule has 15 rings (SSSR count). The minimum atomic E-state index is -1.61. The Morgan fingerprint density at radius 1 is 0.315 bits per heavy atom.